The third kappa shape index (κ3) is 5.11. The molecule has 0 aliphatic heterocycles. The lowest BCUT2D eigenvalue weighted by Crippen LogP contribution is -2.02. The second kappa shape index (κ2) is 8.92. The van der Waals surface area contributed by atoms with Crippen LogP contribution >= 0.6 is 0 Å². The van der Waals surface area contributed by atoms with Crippen LogP contribution in [0.2, 0.25) is 0 Å². The van der Waals surface area contributed by atoms with Gasteiger partial charge in [-0.05, 0) is 49.2 Å². The molecule has 4 nitrogen and oxygen atoms in total. The highest BCUT2D eigenvalue weighted by Gasteiger charge is 2.15. The molecule has 0 aliphatic rings. The van der Waals surface area contributed by atoms with Gasteiger partial charge in [0.1, 0.15) is 11.5 Å². The van der Waals surface area contributed by atoms with Crippen molar-refractivity contribution in [2.24, 2.45) is 0 Å². The third-order valence-electron chi connectivity index (χ3n) is 3.83. The maximum absolute atomic E-state index is 11.8. The molecular weight excluding hydrogens is 316 g/mol. The zero-order valence-electron chi connectivity index (χ0n) is 14.9. The minimum Gasteiger partial charge on any atom is -0.496 e. The maximum Gasteiger partial charge on any atom is 0.336 e. The number of carboxylic acids is 1. The maximum atomic E-state index is 11.8. The summed E-state index contributed by atoms with van der Waals surface area (Å²) in [6.07, 6.45) is 3.74. The van der Waals surface area contributed by atoms with Gasteiger partial charge in [-0.1, -0.05) is 37.1 Å². The lowest BCUT2D eigenvalue weighted by molar-refractivity contribution is -0.130. The normalized spacial score (nSPS) is 11.2. The first kappa shape index (κ1) is 18.6. The number of aryl methyl sites for hydroxylation is 1. The lowest BCUT2D eigenvalue weighted by atomic mass is 10.00. The molecule has 25 heavy (non-hydrogen) atoms. The standard InChI is InChI=1S/C21H24O4/c1-4-5-12-25-17-9-7-16(8-10-17)14-19(21(22)23)18-13-15(2)6-11-20(18)24-3/h6-11,13-14H,4-5,12H2,1-3H3,(H,22,23)/b19-14-. The SMILES string of the molecule is CCCCOc1ccc(/C=C(\C(=O)O)c2cc(C)ccc2OC)cc1. The van der Waals surface area contributed by atoms with Crippen molar-refractivity contribution in [3.05, 3.63) is 59.2 Å². The van der Waals surface area contributed by atoms with E-state index in [1.165, 1.54) is 7.11 Å². The molecule has 0 radical (unpaired) electrons. The van der Waals surface area contributed by atoms with E-state index < -0.39 is 5.97 Å². The van der Waals surface area contributed by atoms with Crippen molar-refractivity contribution in [2.75, 3.05) is 13.7 Å². The number of benzene rings is 2. The predicted molar refractivity (Wildman–Crippen MR) is 100 cm³/mol. The van der Waals surface area contributed by atoms with Crippen LogP contribution in [0.4, 0.5) is 0 Å². The second-order valence-electron chi connectivity index (χ2n) is 5.84. The number of ether oxygens (including phenoxy) is 2. The summed E-state index contributed by atoms with van der Waals surface area (Å²) in [4.78, 5) is 11.8. The van der Waals surface area contributed by atoms with Crippen molar-refractivity contribution in [2.45, 2.75) is 26.7 Å². The molecule has 0 amide bonds. The summed E-state index contributed by atoms with van der Waals surface area (Å²) in [6, 6.07) is 12.9. The Kier molecular flexibility index (Phi) is 6.63. The molecule has 2 aromatic carbocycles. The Hall–Kier alpha value is -2.75. The third-order valence-corrected chi connectivity index (χ3v) is 3.83. The van der Waals surface area contributed by atoms with Gasteiger partial charge in [-0.3, -0.25) is 0 Å². The fourth-order valence-electron chi connectivity index (χ4n) is 2.45. The van der Waals surface area contributed by atoms with E-state index in [0.29, 0.717) is 17.9 Å². The molecule has 0 fully saturated rings. The van der Waals surface area contributed by atoms with Gasteiger partial charge in [-0.2, -0.15) is 0 Å². The van der Waals surface area contributed by atoms with E-state index in [-0.39, 0.29) is 5.57 Å². The van der Waals surface area contributed by atoms with Crippen LogP contribution in [0.1, 0.15) is 36.5 Å². The van der Waals surface area contributed by atoms with Crippen LogP contribution < -0.4 is 9.47 Å². The Morgan fingerprint density at radius 1 is 1.16 bits per heavy atom. The predicted octanol–water partition coefficient (Wildman–Crippen LogP) is 4.81. The number of rotatable bonds is 8. The molecular formula is C21H24O4. The van der Waals surface area contributed by atoms with Gasteiger partial charge >= 0.3 is 5.97 Å². The Balaban J connectivity index is 2.31. The molecule has 2 rings (SSSR count). The fraction of sp³-hybridized carbons (Fsp3) is 0.286. The number of hydrogen-bond acceptors (Lipinski definition) is 3. The Morgan fingerprint density at radius 2 is 1.88 bits per heavy atom. The average molecular weight is 340 g/mol. The van der Waals surface area contributed by atoms with E-state index in [9.17, 15) is 9.90 Å². The largest absolute Gasteiger partial charge is 0.496 e. The number of carboxylic acid groups (broad SMARTS) is 1. The number of hydrogen-bond donors (Lipinski definition) is 1. The van der Waals surface area contributed by atoms with E-state index >= 15 is 0 Å². The summed E-state index contributed by atoms with van der Waals surface area (Å²) in [5.74, 6) is 0.335. The molecule has 2 aromatic rings. The summed E-state index contributed by atoms with van der Waals surface area (Å²) in [5.41, 5.74) is 2.53. The molecule has 0 saturated heterocycles. The fourth-order valence-corrected chi connectivity index (χ4v) is 2.45. The first-order valence-corrected chi connectivity index (χ1v) is 8.38. The van der Waals surface area contributed by atoms with E-state index in [4.69, 9.17) is 9.47 Å². The Bertz CT molecular complexity index is 745. The molecule has 0 aliphatic carbocycles. The van der Waals surface area contributed by atoms with Gasteiger partial charge in [-0.15, -0.1) is 0 Å². The minimum absolute atomic E-state index is 0.195. The first-order chi connectivity index (χ1) is 12.0. The zero-order valence-corrected chi connectivity index (χ0v) is 14.9. The van der Waals surface area contributed by atoms with Crippen LogP contribution in [-0.2, 0) is 4.79 Å². The Morgan fingerprint density at radius 3 is 2.48 bits per heavy atom. The molecule has 0 bridgehead atoms. The van der Waals surface area contributed by atoms with Crippen molar-refractivity contribution in [1.29, 1.82) is 0 Å². The van der Waals surface area contributed by atoms with E-state index in [0.717, 1.165) is 29.7 Å². The van der Waals surface area contributed by atoms with Gasteiger partial charge in [0.15, 0.2) is 0 Å². The van der Waals surface area contributed by atoms with Crippen molar-refractivity contribution >= 4 is 17.6 Å². The van der Waals surface area contributed by atoms with Crippen molar-refractivity contribution < 1.29 is 19.4 Å². The minimum atomic E-state index is -0.993. The summed E-state index contributed by atoms with van der Waals surface area (Å²) >= 11 is 0. The monoisotopic (exact) mass is 340 g/mol. The van der Waals surface area contributed by atoms with E-state index in [2.05, 4.69) is 6.92 Å². The van der Waals surface area contributed by atoms with Crippen LogP contribution in [-0.4, -0.2) is 24.8 Å². The number of unbranched alkanes of at least 4 members (excludes halogenated alkanes) is 1. The van der Waals surface area contributed by atoms with Crippen LogP contribution in [0, 0.1) is 6.92 Å². The molecule has 0 atom stereocenters. The van der Waals surface area contributed by atoms with Gasteiger partial charge in [0.05, 0.1) is 19.3 Å². The number of aliphatic carboxylic acids is 1. The highest BCUT2D eigenvalue weighted by molar-refractivity contribution is 6.21. The molecule has 0 aromatic heterocycles. The van der Waals surface area contributed by atoms with Gasteiger partial charge in [0, 0.05) is 5.56 Å². The summed E-state index contributed by atoms with van der Waals surface area (Å²) in [6.45, 7) is 4.72. The highest BCUT2D eigenvalue weighted by Crippen LogP contribution is 2.29. The van der Waals surface area contributed by atoms with Gasteiger partial charge in [-0.25, -0.2) is 4.79 Å². The molecule has 0 saturated carbocycles. The van der Waals surface area contributed by atoms with Gasteiger partial charge < -0.3 is 14.6 Å². The molecule has 0 unspecified atom stereocenters. The molecule has 0 spiro atoms. The van der Waals surface area contributed by atoms with E-state index in [1.54, 1.807) is 12.1 Å². The molecule has 0 heterocycles. The van der Waals surface area contributed by atoms with Gasteiger partial charge in [0.2, 0.25) is 0 Å². The van der Waals surface area contributed by atoms with Crippen LogP contribution in [0.25, 0.3) is 11.6 Å². The van der Waals surface area contributed by atoms with Crippen molar-refractivity contribution in [3.8, 4) is 11.5 Å². The molecule has 1 N–H and O–H groups in total. The number of methoxy groups -OCH3 is 1. The smallest absolute Gasteiger partial charge is 0.336 e. The van der Waals surface area contributed by atoms with Crippen LogP contribution in [0.15, 0.2) is 42.5 Å². The summed E-state index contributed by atoms with van der Waals surface area (Å²) in [5, 5.41) is 9.65. The van der Waals surface area contributed by atoms with Crippen LogP contribution in [0.5, 0.6) is 11.5 Å². The molecule has 132 valence electrons. The van der Waals surface area contributed by atoms with Crippen molar-refractivity contribution in [1.82, 2.24) is 0 Å². The van der Waals surface area contributed by atoms with Gasteiger partial charge in [0.25, 0.3) is 0 Å². The number of carbonyl (C=O) groups is 1. The quantitative estimate of drug-likeness (QED) is 0.426. The second-order valence-corrected chi connectivity index (χ2v) is 5.84. The lowest BCUT2D eigenvalue weighted by Gasteiger charge is -2.11. The topological polar surface area (TPSA) is 55.8 Å². The summed E-state index contributed by atoms with van der Waals surface area (Å²) < 4.78 is 11.0. The zero-order chi connectivity index (χ0) is 18.2. The van der Waals surface area contributed by atoms with Crippen molar-refractivity contribution in [3.63, 3.8) is 0 Å². The molecule has 4 heteroatoms. The van der Waals surface area contributed by atoms with Crippen LogP contribution in [0.3, 0.4) is 0 Å². The first-order valence-electron chi connectivity index (χ1n) is 8.38. The highest BCUT2D eigenvalue weighted by atomic mass is 16.5. The average Bonchev–Trinajstić information content (AvgIpc) is 2.61. The Labute approximate surface area is 148 Å². The van der Waals surface area contributed by atoms with E-state index in [1.807, 2.05) is 43.3 Å². The summed E-state index contributed by atoms with van der Waals surface area (Å²) in [7, 11) is 1.54.